The van der Waals surface area contributed by atoms with E-state index in [1.165, 1.54) is 11.3 Å². The molecule has 2 saturated heterocycles. The largest absolute Gasteiger partial charge is 0.379 e. The molecule has 6 nitrogen and oxygen atoms in total. The Morgan fingerprint density at radius 3 is 2.96 bits per heavy atom. The number of nitrogens with zero attached hydrogens (tertiary/aromatic N) is 3. The van der Waals surface area contributed by atoms with Crippen LogP contribution in [0.15, 0.2) is 28.1 Å². The van der Waals surface area contributed by atoms with Crippen molar-refractivity contribution in [2.24, 2.45) is 0 Å². The molecule has 2 aromatic heterocycles. The fourth-order valence-corrected chi connectivity index (χ4v) is 4.67. The van der Waals surface area contributed by atoms with E-state index in [1.54, 1.807) is 11.3 Å². The Bertz CT molecular complexity index is 725. The molecule has 27 heavy (non-hydrogen) atoms. The van der Waals surface area contributed by atoms with E-state index < -0.39 is 0 Å². The monoisotopic (exact) mass is 389 g/mol. The van der Waals surface area contributed by atoms with E-state index >= 15 is 0 Å². The minimum Gasteiger partial charge on any atom is -0.379 e. The molecule has 0 aliphatic carbocycles. The van der Waals surface area contributed by atoms with Gasteiger partial charge in [0.1, 0.15) is 0 Å². The molecule has 146 valence electrons. The van der Waals surface area contributed by atoms with Crippen LogP contribution in [0.4, 0.5) is 0 Å². The van der Waals surface area contributed by atoms with Crippen molar-refractivity contribution in [2.75, 3.05) is 32.8 Å². The fourth-order valence-electron chi connectivity index (χ4n) is 3.95. The van der Waals surface area contributed by atoms with E-state index in [9.17, 15) is 4.79 Å². The van der Waals surface area contributed by atoms with Crippen LogP contribution in [0, 0.1) is 0 Å². The van der Waals surface area contributed by atoms with Gasteiger partial charge in [0.25, 0.3) is 5.91 Å². The standard InChI is InChI=1S/C20H27N3O3S/c24-20(19-14-17(26-21-19)15-22-9-11-25-12-10-22)23-8-2-1-4-16(23)6-7-18-5-3-13-27-18/h3,5,13-14,16H,1-2,4,6-12,15H2. The van der Waals surface area contributed by atoms with Crippen molar-refractivity contribution in [1.29, 1.82) is 0 Å². The third-order valence-corrected chi connectivity index (χ3v) is 6.39. The van der Waals surface area contributed by atoms with Gasteiger partial charge in [-0.2, -0.15) is 0 Å². The highest BCUT2D eigenvalue weighted by molar-refractivity contribution is 7.09. The number of amides is 1. The molecule has 2 fully saturated rings. The summed E-state index contributed by atoms with van der Waals surface area (Å²) in [6, 6.07) is 6.39. The smallest absolute Gasteiger partial charge is 0.276 e. The highest BCUT2D eigenvalue weighted by atomic mass is 32.1. The lowest BCUT2D eigenvalue weighted by atomic mass is 9.97. The maximum Gasteiger partial charge on any atom is 0.276 e. The molecule has 2 aliphatic rings. The minimum atomic E-state index is 0.0165. The van der Waals surface area contributed by atoms with Gasteiger partial charge in [0.2, 0.25) is 0 Å². The van der Waals surface area contributed by atoms with Gasteiger partial charge in [0, 0.05) is 36.6 Å². The molecular formula is C20H27N3O3S. The highest BCUT2D eigenvalue weighted by Gasteiger charge is 2.29. The van der Waals surface area contributed by atoms with Crippen molar-refractivity contribution in [2.45, 2.75) is 44.7 Å². The van der Waals surface area contributed by atoms with E-state index in [0.29, 0.717) is 18.3 Å². The summed E-state index contributed by atoms with van der Waals surface area (Å²) in [5.41, 5.74) is 0.446. The first-order chi connectivity index (χ1) is 13.3. The quantitative estimate of drug-likeness (QED) is 0.759. The maximum atomic E-state index is 13.0. The van der Waals surface area contributed by atoms with Crippen LogP contribution < -0.4 is 0 Å². The molecule has 0 N–H and O–H groups in total. The lowest BCUT2D eigenvalue weighted by molar-refractivity contribution is 0.0305. The number of rotatable bonds is 6. The molecule has 0 bridgehead atoms. The second kappa shape index (κ2) is 8.99. The first-order valence-electron chi connectivity index (χ1n) is 9.88. The molecule has 1 atom stereocenters. The summed E-state index contributed by atoms with van der Waals surface area (Å²) in [6.45, 7) is 4.78. The predicted molar refractivity (Wildman–Crippen MR) is 104 cm³/mol. The van der Waals surface area contributed by atoms with Crippen LogP contribution in [0.2, 0.25) is 0 Å². The van der Waals surface area contributed by atoms with E-state index in [4.69, 9.17) is 9.26 Å². The Kier molecular flexibility index (Phi) is 6.21. The number of carbonyl (C=O) groups is 1. The first kappa shape index (κ1) is 18.7. The SMILES string of the molecule is O=C(c1cc(CN2CCOCC2)on1)N1CCCCC1CCc1cccs1. The van der Waals surface area contributed by atoms with E-state index in [1.807, 2.05) is 11.0 Å². The lowest BCUT2D eigenvalue weighted by Gasteiger charge is -2.35. The number of hydrogen-bond acceptors (Lipinski definition) is 6. The topological polar surface area (TPSA) is 58.8 Å². The van der Waals surface area contributed by atoms with Crippen molar-refractivity contribution < 1.29 is 14.1 Å². The minimum absolute atomic E-state index is 0.0165. The fraction of sp³-hybridized carbons (Fsp3) is 0.600. The highest BCUT2D eigenvalue weighted by Crippen LogP contribution is 2.24. The average molecular weight is 390 g/mol. The number of piperidine rings is 1. The van der Waals surface area contributed by atoms with Crippen molar-refractivity contribution in [3.63, 3.8) is 0 Å². The molecule has 1 unspecified atom stereocenters. The van der Waals surface area contributed by atoms with Gasteiger partial charge >= 0.3 is 0 Å². The molecule has 7 heteroatoms. The van der Waals surface area contributed by atoms with Crippen LogP contribution in [-0.2, 0) is 17.7 Å². The van der Waals surface area contributed by atoms with Gasteiger partial charge < -0.3 is 14.2 Å². The van der Waals surface area contributed by atoms with Gasteiger partial charge in [-0.1, -0.05) is 11.2 Å². The summed E-state index contributed by atoms with van der Waals surface area (Å²) in [7, 11) is 0. The number of morpholine rings is 1. The molecule has 1 amide bonds. The number of carbonyl (C=O) groups excluding carboxylic acids is 1. The van der Waals surface area contributed by atoms with Crippen LogP contribution in [0.5, 0.6) is 0 Å². The molecule has 0 spiro atoms. The third kappa shape index (κ3) is 4.78. The first-order valence-corrected chi connectivity index (χ1v) is 10.8. The van der Waals surface area contributed by atoms with Gasteiger partial charge in [0.05, 0.1) is 19.8 Å². The third-order valence-electron chi connectivity index (χ3n) is 5.45. The average Bonchev–Trinajstić information content (AvgIpc) is 3.39. The molecule has 2 aliphatic heterocycles. The van der Waals surface area contributed by atoms with Gasteiger partial charge in [-0.15, -0.1) is 11.3 Å². The lowest BCUT2D eigenvalue weighted by Crippen LogP contribution is -2.44. The summed E-state index contributed by atoms with van der Waals surface area (Å²) >= 11 is 1.79. The number of aromatic nitrogens is 1. The van der Waals surface area contributed by atoms with Crippen LogP contribution >= 0.6 is 11.3 Å². The van der Waals surface area contributed by atoms with Crippen molar-refractivity contribution >= 4 is 17.2 Å². The molecular weight excluding hydrogens is 362 g/mol. The van der Waals surface area contributed by atoms with Crippen molar-refractivity contribution in [1.82, 2.24) is 15.0 Å². The van der Waals surface area contributed by atoms with E-state index in [2.05, 4.69) is 27.6 Å². The summed E-state index contributed by atoms with van der Waals surface area (Å²) in [4.78, 5) is 18.7. The number of aryl methyl sites for hydroxylation is 1. The number of hydrogen-bond donors (Lipinski definition) is 0. The molecule has 0 aromatic carbocycles. The Morgan fingerprint density at radius 1 is 1.26 bits per heavy atom. The zero-order valence-corrected chi connectivity index (χ0v) is 16.5. The predicted octanol–water partition coefficient (Wildman–Crippen LogP) is 3.20. The second-order valence-corrected chi connectivity index (χ2v) is 8.37. The van der Waals surface area contributed by atoms with Crippen LogP contribution in [-0.4, -0.2) is 59.8 Å². The molecule has 0 radical (unpaired) electrons. The zero-order valence-electron chi connectivity index (χ0n) is 15.6. The van der Waals surface area contributed by atoms with Crippen LogP contribution in [0.1, 0.15) is 46.8 Å². The van der Waals surface area contributed by atoms with Gasteiger partial charge in [-0.25, -0.2) is 0 Å². The molecule has 0 saturated carbocycles. The number of ether oxygens (including phenoxy) is 1. The van der Waals surface area contributed by atoms with Crippen molar-refractivity contribution in [3.8, 4) is 0 Å². The van der Waals surface area contributed by atoms with E-state index in [-0.39, 0.29) is 5.91 Å². The van der Waals surface area contributed by atoms with Gasteiger partial charge in [-0.05, 0) is 43.6 Å². The van der Waals surface area contributed by atoms with Crippen molar-refractivity contribution in [3.05, 3.63) is 39.9 Å². The van der Waals surface area contributed by atoms with E-state index in [0.717, 1.165) is 64.3 Å². The van der Waals surface area contributed by atoms with Crippen LogP contribution in [0.25, 0.3) is 0 Å². The molecule has 2 aromatic rings. The van der Waals surface area contributed by atoms with Gasteiger partial charge in [0.15, 0.2) is 11.5 Å². The summed E-state index contributed by atoms with van der Waals surface area (Å²) in [5, 5.41) is 6.19. The van der Waals surface area contributed by atoms with Crippen LogP contribution in [0.3, 0.4) is 0 Å². The number of thiophene rings is 1. The zero-order chi connectivity index (χ0) is 18.5. The number of likely N-dealkylation sites (tertiary alicyclic amines) is 1. The molecule has 4 heterocycles. The Labute approximate surface area is 164 Å². The summed E-state index contributed by atoms with van der Waals surface area (Å²) < 4.78 is 10.8. The Morgan fingerprint density at radius 2 is 2.15 bits per heavy atom. The second-order valence-electron chi connectivity index (χ2n) is 7.33. The van der Waals surface area contributed by atoms with Gasteiger partial charge in [-0.3, -0.25) is 9.69 Å². The maximum absolute atomic E-state index is 13.0. The Balaban J connectivity index is 1.37. The summed E-state index contributed by atoms with van der Waals surface area (Å²) in [6.07, 6.45) is 5.40. The summed E-state index contributed by atoms with van der Waals surface area (Å²) in [5.74, 6) is 0.773. The normalized spacial score (nSPS) is 21.5. The molecule has 4 rings (SSSR count). The Hall–Kier alpha value is -1.70.